The third-order valence-corrected chi connectivity index (χ3v) is 1.29. The summed E-state index contributed by atoms with van der Waals surface area (Å²) in [6.45, 7) is 6.95. The number of aromatic nitrogens is 1. The summed E-state index contributed by atoms with van der Waals surface area (Å²) in [5.74, 6) is 0.674. The third kappa shape index (κ3) is 0.815. The molecule has 1 aromatic rings. The Kier molecular flexibility index (Phi) is 1.58. The van der Waals surface area contributed by atoms with E-state index in [0.717, 1.165) is 5.56 Å². The molecular formula is C7H9N3. The van der Waals surface area contributed by atoms with E-state index in [4.69, 9.17) is 5.73 Å². The fourth-order valence-corrected chi connectivity index (χ4v) is 0.784. The van der Waals surface area contributed by atoms with Crippen LogP contribution >= 0.6 is 0 Å². The molecule has 1 heterocycles. The second-order valence-corrected chi connectivity index (χ2v) is 1.87. The molecule has 1 aromatic heterocycles. The number of aromatic amines is 1. The van der Waals surface area contributed by atoms with E-state index in [2.05, 4.69) is 23.3 Å². The van der Waals surface area contributed by atoms with Gasteiger partial charge in [0.05, 0.1) is 5.69 Å². The molecule has 0 aliphatic heterocycles. The number of aliphatic imine (C=N–C) groups is 1. The molecule has 3 nitrogen and oxygen atoms in total. The van der Waals surface area contributed by atoms with E-state index in [1.807, 2.05) is 0 Å². The zero-order valence-electron chi connectivity index (χ0n) is 5.59. The molecule has 0 atom stereocenters. The summed E-state index contributed by atoms with van der Waals surface area (Å²) >= 11 is 0. The molecule has 3 heteroatoms. The van der Waals surface area contributed by atoms with Crippen LogP contribution in [0.25, 0.3) is 6.08 Å². The van der Waals surface area contributed by atoms with E-state index in [1.165, 1.54) is 0 Å². The molecule has 52 valence electrons. The van der Waals surface area contributed by atoms with Gasteiger partial charge >= 0.3 is 0 Å². The molecule has 0 radical (unpaired) electrons. The van der Waals surface area contributed by atoms with Gasteiger partial charge < -0.3 is 10.7 Å². The van der Waals surface area contributed by atoms with Gasteiger partial charge in [0.1, 0.15) is 5.82 Å². The van der Waals surface area contributed by atoms with Crippen LogP contribution < -0.4 is 5.73 Å². The predicted molar refractivity (Wildman–Crippen MR) is 44.5 cm³/mol. The summed E-state index contributed by atoms with van der Waals surface area (Å²) < 4.78 is 0. The van der Waals surface area contributed by atoms with Gasteiger partial charge in [0.25, 0.3) is 0 Å². The molecule has 0 aliphatic carbocycles. The van der Waals surface area contributed by atoms with Gasteiger partial charge in [-0.2, -0.15) is 0 Å². The van der Waals surface area contributed by atoms with Crippen LogP contribution in [-0.2, 0) is 0 Å². The van der Waals surface area contributed by atoms with Gasteiger partial charge in [0.2, 0.25) is 0 Å². The van der Waals surface area contributed by atoms with Crippen LogP contribution in [0.1, 0.15) is 5.56 Å². The van der Waals surface area contributed by atoms with Gasteiger partial charge in [-0.25, -0.2) is 4.99 Å². The Hall–Kier alpha value is -1.51. The minimum Gasteiger partial charge on any atom is -0.397 e. The monoisotopic (exact) mass is 135 g/mol. The van der Waals surface area contributed by atoms with E-state index in [0.29, 0.717) is 11.5 Å². The summed E-state index contributed by atoms with van der Waals surface area (Å²) in [4.78, 5) is 6.55. The Labute approximate surface area is 59.3 Å². The van der Waals surface area contributed by atoms with Crippen molar-refractivity contribution in [2.45, 2.75) is 0 Å². The maximum absolute atomic E-state index is 5.54. The van der Waals surface area contributed by atoms with Crippen LogP contribution in [0.4, 0.5) is 11.5 Å². The molecule has 0 amide bonds. The van der Waals surface area contributed by atoms with Crippen molar-refractivity contribution in [3.05, 3.63) is 18.3 Å². The van der Waals surface area contributed by atoms with Crippen molar-refractivity contribution in [3.8, 4) is 0 Å². The number of nitrogens with zero attached hydrogens (tertiary/aromatic N) is 1. The lowest BCUT2D eigenvalue weighted by Crippen LogP contribution is -1.81. The van der Waals surface area contributed by atoms with Crippen molar-refractivity contribution < 1.29 is 0 Å². The second-order valence-electron chi connectivity index (χ2n) is 1.87. The number of nitrogens with two attached hydrogens (primary N) is 1. The molecule has 0 bridgehead atoms. The highest BCUT2D eigenvalue weighted by atomic mass is 14.9. The van der Waals surface area contributed by atoms with E-state index < -0.39 is 0 Å². The molecule has 1 rings (SSSR count). The van der Waals surface area contributed by atoms with Crippen molar-refractivity contribution in [3.63, 3.8) is 0 Å². The molecule has 0 saturated carbocycles. The average Bonchev–Trinajstić information content (AvgIpc) is 2.30. The first-order chi connectivity index (χ1) is 4.79. The molecule has 0 fully saturated rings. The van der Waals surface area contributed by atoms with E-state index in [-0.39, 0.29) is 0 Å². The van der Waals surface area contributed by atoms with Crippen LogP contribution in [0, 0.1) is 0 Å². The fraction of sp³-hybridized carbons (Fsp3) is 0. The average molecular weight is 135 g/mol. The Morgan fingerprint density at radius 1 is 1.70 bits per heavy atom. The van der Waals surface area contributed by atoms with Crippen molar-refractivity contribution >= 4 is 24.3 Å². The molecule has 0 aliphatic rings. The number of nitrogens with one attached hydrogen (secondary N) is 1. The maximum atomic E-state index is 5.54. The summed E-state index contributed by atoms with van der Waals surface area (Å²) in [5.41, 5.74) is 7.00. The number of anilines is 1. The first kappa shape index (κ1) is 6.61. The van der Waals surface area contributed by atoms with Gasteiger partial charge in [0.15, 0.2) is 0 Å². The van der Waals surface area contributed by atoms with Crippen molar-refractivity contribution in [1.29, 1.82) is 0 Å². The second kappa shape index (κ2) is 2.39. The standard InChI is InChI=1S/C7H9N3/c1-3-5-6(8)4-10-7(5)9-2/h3-4,10H,1-2,8H2. The van der Waals surface area contributed by atoms with E-state index >= 15 is 0 Å². The van der Waals surface area contributed by atoms with Crippen LogP contribution in [0.15, 0.2) is 17.8 Å². The number of rotatable bonds is 2. The quantitative estimate of drug-likeness (QED) is 0.594. The highest BCUT2D eigenvalue weighted by Gasteiger charge is 2.01. The molecular weight excluding hydrogens is 126 g/mol. The Morgan fingerprint density at radius 2 is 2.40 bits per heavy atom. The molecule has 0 spiro atoms. The van der Waals surface area contributed by atoms with Crippen molar-refractivity contribution in [1.82, 2.24) is 4.98 Å². The van der Waals surface area contributed by atoms with Crippen LogP contribution in [0.5, 0.6) is 0 Å². The number of hydrogen-bond donors (Lipinski definition) is 2. The van der Waals surface area contributed by atoms with Gasteiger partial charge in [-0.15, -0.1) is 0 Å². The Balaban J connectivity index is 3.25. The molecule has 10 heavy (non-hydrogen) atoms. The summed E-state index contributed by atoms with van der Waals surface area (Å²) in [6, 6.07) is 0. The first-order valence-corrected chi connectivity index (χ1v) is 2.85. The van der Waals surface area contributed by atoms with Gasteiger partial charge in [0, 0.05) is 11.8 Å². The van der Waals surface area contributed by atoms with E-state index in [9.17, 15) is 0 Å². The number of nitrogen functional groups attached to an aromatic ring is 1. The lowest BCUT2D eigenvalue weighted by Gasteiger charge is -1.89. The van der Waals surface area contributed by atoms with Crippen LogP contribution in [0.3, 0.4) is 0 Å². The normalized spacial score (nSPS) is 9.20. The lowest BCUT2D eigenvalue weighted by atomic mass is 10.3. The molecule has 3 N–H and O–H groups in total. The topological polar surface area (TPSA) is 54.2 Å². The van der Waals surface area contributed by atoms with Gasteiger partial charge in [-0.1, -0.05) is 12.7 Å². The highest BCUT2D eigenvalue weighted by Crippen LogP contribution is 2.23. The largest absolute Gasteiger partial charge is 0.397 e. The molecule has 0 unspecified atom stereocenters. The maximum Gasteiger partial charge on any atom is 0.138 e. The zero-order chi connectivity index (χ0) is 7.56. The van der Waals surface area contributed by atoms with Gasteiger partial charge in [-0.3, -0.25) is 0 Å². The molecule has 0 saturated heterocycles. The summed E-state index contributed by atoms with van der Waals surface area (Å²) in [5, 5.41) is 0. The minimum absolute atomic E-state index is 0.650. The van der Waals surface area contributed by atoms with Crippen LogP contribution in [-0.4, -0.2) is 11.7 Å². The molecule has 0 aromatic carbocycles. The summed E-state index contributed by atoms with van der Waals surface area (Å²) in [6.07, 6.45) is 3.32. The van der Waals surface area contributed by atoms with E-state index in [1.54, 1.807) is 12.3 Å². The third-order valence-electron chi connectivity index (χ3n) is 1.29. The zero-order valence-corrected chi connectivity index (χ0v) is 5.59. The number of hydrogen-bond acceptors (Lipinski definition) is 2. The predicted octanol–water partition coefficient (Wildman–Crippen LogP) is 1.57. The Bertz CT molecular complexity index is 260. The number of H-pyrrole nitrogens is 1. The SMILES string of the molecule is C=Cc1c(N)c[nH]c1N=C. The van der Waals surface area contributed by atoms with Crippen LogP contribution in [0.2, 0.25) is 0 Å². The minimum atomic E-state index is 0.650. The van der Waals surface area contributed by atoms with Crippen molar-refractivity contribution in [2.75, 3.05) is 5.73 Å². The smallest absolute Gasteiger partial charge is 0.138 e. The van der Waals surface area contributed by atoms with Gasteiger partial charge in [-0.05, 0) is 6.72 Å². The highest BCUT2D eigenvalue weighted by molar-refractivity contribution is 5.73. The van der Waals surface area contributed by atoms with Crippen molar-refractivity contribution in [2.24, 2.45) is 4.99 Å². The lowest BCUT2D eigenvalue weighted by molar-refractivity contribution is 1.35. The Morgan fingerprint density at radius 3 is 2.80 bits per heavy atom. The fourth-order valence-electron chi connectivity index (χ4n) is 0.784. The first-order valence-electron chi connectivity index (χ1n) is 2.85. The summed E-state index contributed by atoms with van der Waals surface area (Å²) in [7, 11) is 0.